The fourth-order valence-electron chi connectivity index (χ4n) is 3.76. The topological polar surface area (TPSA) is 80.6 Å². The van der Waals surface area contributed by atoms with Gasteiger partial charge in [0.2, 0.25) is 0 Å². The van der Waals surface area contributed by atoms with Crippen LogP contribution in [0.2, 0.25) is 15.1 Å². The zero-order valence-corrected chi connectivity index (χ0v) is 20.9. The van der Waals surface area contributed by atoms with E-state index in [1.54, 1.807) is 24.3 Å². The van der Waals surface area contributed by atoms with Crippen LogP contribution in [0, 0.1) is 0 Å². The largest absolute Gasteiger partial charge is 0.349 e. The summed E-state index contributed by atoms with van der Waals surface area (Å²) >= 11 is 21.2. The number of halogens is 3. The molecule has 0 bridgehead atoms. The SMILES string of the molecule is O=c1cnn(-c2cc(Cl)c(C(c3ccc(Cl)cc3)c3nc(-c4ccccc4)cs3)c(Cl)c2)c(=O)[nH]1. The van der Waals surface area contributed by atoms with E-state index in [1.165, 1.54) is 11.3 Å². The molecule has 5 rings (SSSR count). The first-order valence-corrected chi connectivity index (χ1v) is 12.4. The second-order valence-electron chi connectivity index (χ2n) is 7.60. The van der Waals surface area contributed by atoms with Crippen LogP contribution >= 0.6 is 46.1 Å². The maximum absolute atomic E-state index is 12.2. The molecule has 2 aromatic heterocycles. The van der Waals surface area contributed by atoms with E-state index in [-0.39, 0.29) is 5.92 Å². The van der Waals surface area contributed by atoms with Gasteiger partial charge in [-0.25, -0.2) is 9.78 Å². The molecule has 0 spiro atoms. The maximum atomic E-state index is 12.2. The van der Waals surface area contributed by atoms with Gasteiger partial charge in [-0.15, -0.1) is 11.3 Å². The lowest BCUT2D eigenvalue weighted by Crippen LogP contribution is -2.30. The van der Waals surface area contributed by atoms with Gasteiger partial charge >= 0.3 is 5.69 Å². The van der Waals surface area contributed by atoms with E-state index in [4.69, 9.17) is 39.8 Å². The van der Waals surface area contributed by atoms with E-state index in [9.17, 15) is 9.59 Å². The highest BCUT2D eigenvalue weighted by molar-refractivity contribution is 7.10. The van der Waals surface area contributed by atoms with Crippen molar-refractivity contribution in [1.82, 2.24) is 19.7 Å². The van der Waals surface area contributed by atoms with Crippen molar-refractivity contribution in [2.75, 3.05) is 0 Å². The van der Waals surface area contributed by atoms with E-state index in [1.807, 2.05) is 47.8 Å². The van der Waals surface area contributed by atoms with E-state index < -0.39 is 11.2 Å². The summed E-state index contributed by atoms with van der Waals surface area (Å²) in [5.74, 6) is -0.385. The number of hydrogen-bond donors (Lipinski definition) is 1. The summed E-state index contributed by atoms with van der Waals surface area (Å²) in [7, 11) is 0. The van der Waals surface area contributed by atoms with Gasteiger partial charge in [0, 0.05) is 31.6 Å². The van der Waals surface area contributed by atoms with Gasteiger partial charge in [-0.2, -0.15) is 9.78 Å². The highest BCUT2D eigenvalue weighted by atomic mass is 35.5. The summed E-state index contributed by atoms with van der Waals surface area (Å²) in [6, 6.07) is 20.5. The van der Waals surface area contributed by atoms with Crippen molar-refractivity contribution >= 4 is 46.1 Å². The van der Waals surface area contributed by atoms with Crippen LogP contribution in [0.1, 0.15) is 22.1 Å². The molecule has 1 N–H and O–H groups in total. The molecule has 0 saturated carbocycles. The number of thiazole rings is 1. The number of benzene rings is 3. The fourth-order valence-corrected chi connectivity index (χ4v) is 5.54. The summed E-state index contributed by atoms with van der Waals surface area (Å²) in [5.41, 5.74) is 2.41. The third kappa shape index (κ3) is 4.81. The molecule has 2 heterocycles. The van der Waals surface area contributed by atoms with Gasteiger partial charge in [-0.1, -0.05) is 77.3 Å². The Morgan fingerprint density at radius 1 is 0.914 bits per heavy atom. The van der Waals surface area contributed by atoms with Gasteiger partial charge in [0.05, 0.1) is 17.3 Å². The number of nitrogens with zero attached hydrogens (tertiary/aromatic N) is 3. The van der Waals surface area contributed by atoms with Crippen molar-refractivity contribution in [1.29, 1.82) is 0 Å². The summed E-state index contributed by atoms with van der Waals surface area (Å²) in [6.07, 6.45) is 1.01. The number of aromatic nitrogens is 4. The summed E-state index contributed by atoms with van der Waals surface area (Å²) in [5, 5.41) is 7.92. The molecular formula is C25H15Cl3N4O2S. The lowest BCUT2D eigenvalue weighted by atomic mass is 9.91. The van der Waals surface area contributed by atoms with Crippen LogP contribution in [-0.4, -0.2) is 19.7 Å². The first-order chi connectivity index (χ1) is 16.9. The minimum atomic E-state index is -0.695. The molecule has 0 radical (unpaired) electrons. The van der Waals surface area contributed by atoms with Crippen LogP contribution in [0.5, 0.6) is 0 Å². The molecule has 6 nitrogen and oxygen atoms in total. The van der Waals surface area contributed by atoms with Crippen LogP contribution in [0.3, 0.4) is 0 Å². The Balaban J connectivity index is 1.66. The lowest BCUT2D eigenvalue weighted by Gasteiger charge is -2.20. The summed E-state index contributed by atoms with van der Waals surface area (Å²) < 4.78 is 1.02. The van der Waals surface area contributed by atoms with Gasteiger partial charge in [0.15, 0.2) is 0 Å². The Morgan fingerprint density at radius 3 is 2.26 bits per heavy atom. The number of rotatable bonds is 5. The van der Waals surface area contributed by atoms with Crippen molar-refractivity contribution in [2.45, 2.75) is 5.92 Å². The molecule has 174 valence electrons. The van der Waals surface area contributed by atoms with Crippen LogP contribution in [0.25, 0.3) is 16.9 Å². The minimum absolute atomic E-state index is 0.323. The van der Waals surface area contributed by atoms with Crippen molar-refractivity contribution in [3.05, 3.63) is 130 Å². The van der Waals surface area contributed by atoms with Crippen molar-refractivity contribution in [3.8, 4) is 16.9 Å². The van der Waals surface area contributed by atoms with Gasteiger partial charge in [-0.05, 0) is 29.8 Å². The number of aromatic amines is 1. The van der Waals surface area contributed by atoms with Crippen LogP contribution < -0.4 is 11.2 Å². The zero-order chi connectivity index (χ0) is 24.5. The quantitative estimate of drug-likeness (QED) is 0.288. The van der Waals surface area contributed by atoms with E-state index in [0.717, 1.165) is 32.7 Å². The third-order valence-electron chi connectivity index (χ3n) is 5.35. The van der Waals surface area contributed by atoms with Crippen LogP contribution in [-0.2, 0) is 0 Å². The predicted octanol–water partition coefficient (Wildman–Crippen LogP) is 6.18. The van der Waals surface area contributed by atoms with Crippen molar-refractivity contribution < 1.29 is 0 Å². The molecule has 3 aromatic carbocycles. The standard InChI is InChI=1S/C25H15Cl3N4O2S/c26-16-8-6-15(7-9-16)22(24-30-20(13-35-24)14-4-2-1-3-5-14)23-18(27)10-17(11-19(23)28)32-25(34)31-21(33)12-29-32/h1-13,22H,(H,31,33,34). The second-order valence-corrected chi connectivity index (χ2v) is 9.74. The van der Waals surface area contributed by atoms with E-state index in [0.29, 0.717) is 26.3 Å². The molecular weight excluding hydrogens is 527 g/mol. The Bertz CT molecular complexity index is 1610. The Morgan fingerprint density at radius 2 is 1.60 bits per heavy atom. The molecule has 1 unspecified atom stereocenters. The minimum Gasteiger partial charge on any atom is -0.271 e. The monoisotopic (exact) mass is 540 g/mol. The number of hydrogen-bond acceptors (Lipinski definition) is 5. The van der Waals surface area contributed by atoms with E-state index in [2.05, 4.69) is 10.1 Å². The van der Waals surface area contributed by atoms with E-state index >= 15 is 0 Å². The number of nitrogens with one attached hydrogen (secondary N) is 1. The second kappa shape index (κ2) is 9.79. The predicted molar refractivity (Wildman–Crippen MR) is 140 cm³/mol. The molecule has 35 heavy (non-hydrogen) atoms. The smallest absolute Gasteiger partial charge is 0.271 e. The first-order valence-electron chi connectivity index (χ1n) is 10.3. The Labute approximate surface area is 218 Å². The molecule has 0 aliphatic rings. The van der Waals surface area contributed by atoms with Crippen LogP contribution in [0.15, 0.2) is 87.9 Å². The Kier molecular flexibility index (Phi) is 6.58. The average molecular weight is 542 g/mol. The molecule has 0 amide bonds. The average Bonchev–Trinajstić information content (AvgIpc) is 3.32. The molecule has 0 saturated heterocycles. The molecule has 5 aromatic rings. The first kappa shape index (κ1) is 23.5. The zero-order valence-electron chi connectivity index (χ0n) is 17.8. The summed E-state index contributed by atoms with van der Waals surface area (Å²) in [6.45, 7) is 0. The molecule has 0 aliphatic heterocycles. The highest BCUT2D eigenvalue weighted by Crippen LogP contribution is 2.43. The van der Waals surface area contributed by atoms with Gasteiger partial charge in [0.1, 0.15) is 11.2 Å². The molecule has 0 fully saturated rings. The fraction of sp³-hybridized carbons (Fsp3) is 0.0400. The van der Waals surface area contributed by atoms with Gasteiger partial charge < -0.3 is 0 Å². The van der Waals surface area contributed by atoms with Crippen molar-refractivity contribution in [2.24, 2.45) is 0 Å². The van der Waals surface area contributed by atoms with Gasteiger partial charge in [-0.3, -0.25) is 9.78 Å². The van der Waals surface area contributed by atoms with Gasteiger partial charge in [0.25, 0.3) is 5.56 Å². The molecule has 0 aliphatic carbocycles. The lowest BCUT2D eigenvalue weighted by molar-refractivity contribution is 0.749. The molecule has 1 atom stereocenters. The normalized spacial score (nSPS) is 12.0. The highest BCUT2D eigenvalue weighted by Gasteiger charge is 2.26. The maximum Gasteiger partial charge on any atom is 0.349 e. The molecule has 10 heteroatoms. The van der Waals surface area contributed by atoms with Crippen LogP contribution in [0.4, 0.5) is 0 Å². The number of H-pyrrole nitrogens is 1. The Hall–Kier alpha value is -3.23. The van der Waals surface area contributed by atoms with Crippen molar-refractivity contribution in [3.63, 3.8) is 0 Å². The third-order valence-corrected chi connectivity index (χ3v) is 7.14. The summed E-state index contributed by atoms with van der Waals surface area (Å²) in [4.78, 5) is 30.7.